The summed E-state index contributed by atoms with van der Waals surface area (Å²) in [5.74, 6) is 0.284. The number of nitrogen functional groups attached to an aromatic ring is 1. The summed E-state index contributed by atoms with van der Waals surface area (Å²) in [6, 6.07) is 0. The maximum Gasteiger partial charge on any atom is 0.312 e. The van der Waals surface area contributed by atoms with Gasteiger partial charge in [-0.15, -0.1) is 0 Å². The van der Waals surface area contributed by atoms with Crippen LogP contribution in [0, 0.1) is 0 Å². The molecular weight excluding hydrogens is 218 g/mol. The van der Waals surface area contributed by atoms with Gasteiger partial charge in [0.1, 0.15) is 5.39 Å². The molecule has 0 aromatic carbocycles. The van der Waals surface area contributed by atoms with E-state index in [9.17, 15) is 4.79 Å². The van der Waals surface area contributed by atoms with Gasteiger partial charge in [0.05, 0.1) is 12.7 Å². The van der Waals surface area contributed by atoms with Crippen LogP contribution in [0.3, 0.4) is 0 Å². The Hall–Kier alpha value is -1.82. The molecule has 0 saturated heterocycles. The Morgan fingerprint density at radius 3 is 2.82 bits per heavy atom. The minimum Gasteiger partial charge on any atom is -0.310 e. The summed E-state index contributed by atoms with van der Waals surface area (Å²) in [7, 11) is 3.95. The SMILES string of the molecule is CCn1cc(CN(C)C)c2c(=O)[nH]c(N)[nH+]c21. The van der Waals surface area contributed by atoms with Gasteiger partial charge in [-0.3, -0.25) is 9.36 Å². The molecule has 2 rings (SSSR count). The largest absolute Gasteiger partial charge is 0.312 e. The number of fused-ring (bicyclic) bond motifs is 1. The van der Waals surface area contributed by atoms with Crippen LogP contribution in [0.4, 0.5) is 5.95 Å². The van der Waals surface area contributed by atoms with Crippen molar-refractivity contribution in [3.8, 4) is 0 Å². The standard InChI is InChI=1S/C11H17N5O/c1-4-16-6-7(5-15(2)3)8-9(16)13-11(12)14-10(8)17/h6H,4-5H2,1-3H3,(H3,12,13,14,17)/p+1. The predicted molar refractivity (Wildman–Crippen MR) is 66.6 cm³/mol. The van der Waals surface area contributed by atoms with Crippen molar-refractivity contribution in [3.63, 3.8) is 0 Å². The summed E-state index contributed by atoms with van der Waals surface area (Å²) in [5.41, 5.74) is 7.27. The number of aromatic amines is 2. The smallest absolute Gasteiger partial charge is 0.310 e. The van der Waals surface area contributed by atoms with Crippen LogP contribution in [0.2, 0.25) is 0 Å². The number of aromatic nitrogens is 3. The molecule has 0 aliphatic rings. The van der Waals surface area contributed by atoms with Crippen LogP contribution in [-0.2, 0) is 13.1 Å². The van der Waals surface area contributed by atoms with Gasteiger partial charge in [0.2, 0.25) is 5.65 Å². The molecule has 0 saturated carbocycles. The van der Waals surface area contributed by atoms with Crippen molar-refractivity contribution in [2.45, 2.75) is 20.0 Å². The first-order valence-corrected chi connectivity index (χ1v) is 5.60. The molecule has 0 atom stereocenters. The highest BCUT2D eigenvalue weighted by molar-refractivity contribution is 5.77. The van der Waals surface area contributed by atoms with Crippen LogP contribution >= 0.6 is 0 Å². The molecule has 0 spiro atoms. The van der Waals surface area contributed by atoms with E-state index >= 15 is 0 Å². The van der Waals surface area contributed by atoms with E-state index in [-0.39, 0.29) is 11.5 Å². The number of hydrogen-bond acceptors (Lipinski definition) is 3. The Kier molecular flexibility index (Phi) is 2.89. The van der Waals surface area contributed by atoms with Crippen molar-refractivity contribution >= 4 is 17.0 Å². The number of rotatable bonds is 3. The molecule has 4 N–H and O–H groups in total. The highest BCUT2D eigenvalue weighted by atomic mass is 16.1. The first-order chi connectivity index (χ1) is 8.02. The maximum atomic E-state index is 11.9. The van der Waals surface area contributed by atoms with Crippen molar-refractivity contribution in [1.82, 2.24) is 14.5 Å². The molecule has 0 unspecified atom stereocenters. The Balaban J connectivity index is 2.74. The highest BCUT2D eigenvalue weighted by Gasteiger charge is 2.17. The van der Waals surface area contributed by atoms with Crippen molar-refractivity contribution < 1.29 is 4.98 Å². The van der Waals surface area contributed by atoms with E-state index < -0.39 is 0 Å². The number of nitrogens with one attached hydrogen (secondary N) is 2. The zero-order valence-corrected chi connectivity index (χ0v) is 10.4. The van der Waals surface area contributed by atoms with Gasteiger partial charge in [-0.05, 0) is 21.0 Å². The minimum absolute atomic E-state index is 0.139. The molecule has 0 aliphatic carbocycles. The fourth-order valence-electron chi connectivity index (χ4n) is 2.05. The first kappa shape index (κ1) is 11.7. The minimum atomic E-state index is -0.139. The second-order valence-electron chi connectivity index (χ2n) is 4.39. The number of aryl methyl sites for hydroxylation is 1. The third kappa shape index (κ3) is 2.03. The summed E-state index contributed by atoms with van der Waals surface area (Å²) < 4.78 is 2.00. The fraction of sp³-hybridized carbons (Fsp3) is 0.455. The molecule has 0 bridgehead atoms. The summed E-state index contributed by atoms with van der Waals surface area (Å²) in [6.07, 6.45) is 2.00. The lowest BCUT2D eigenvalue weighted by molar-refractivity contribution is -0.335. The molecule has 0 amide bonds. The topological polar surface area (TPSA) is 81.2 Å². The number of H-pyrrole nitrogens is 2. The lowest BCUT2D eigenvalue weighted by Crippen LogP contribution is -2.23. The van der Waals surface area contributed by atoms with Gasteiger partial charge in [-0.1, -0.05) is 0 Å². The third-order valence-electron chi connectivity index (χ3n) is 2.71. The molecule has 0 radical (unpaired) electrons. The van der Waals surface area contributed by atoms with Crippen molar-refractivity contribution in [3.05, 3.63) is 22.1 Å². The quantitative estimate of drug-likeness (QED) is 0.775. The van der Waals surface area contributed by atoms with E-state index in [4.69, 9.17) is 5.73 Å². The second kappa shape index (κ2) is 4.21. The molecule has 2 aromatic rings. The molecule has 6 nitrogen and oxygen atoms in total. The van der Waals surface area contributed by atoms with E-state index in [1.807, 2.05) is 36.7 Å². The third-order valence-corrected chi connectivity index (χ3v) is 2.71. The van der Waals surface area contributed by atoms with E-state index in [2.05, 4.69) is 9.97 Å². The summed E-state index contributed by atoms with van der Waals surface area (Å²) in [4.78, 5) is 19.6. The van der Waals surface area contributed by atoms with Crippen LogP contribution in [0.1, 0.15) is 12.5 Å². The van der Waals surface area contributed by atoms with Crippen LogP contribution in [0.15, 0.2) is 11.0 Å². The molecule has 17 heavy (non-hydrogen) atoms. The molecule has 92 valence electrons. The van der Waals surface area contributed by atoms with Gasteiger partial charge in [0.25, 0.3) is 0 Å². The number of nitrogens with two attached hydrogens (primary N) is 1. The molecule has 6 heteroatoms. The van der Waals surface area contributed by atoms with Crippen molar-refractivity contribution in [2.24, 2.45) is 0 Å². The lowest BCUT2D eigenvalue weighted by atomic mass is 10.2. The number of anilines is 1. The molecule has 0 aliphatic heterocycles. The van der Waals surface area contributed by atoms with Gasteiger partial charge in [-0.2, -0.15) is 0 Å². The van der Waals surface area contributed by atoms with Crippen molar-refractivity contribution in [2.75, 3.05) is 19.8 Å². The average Bonchev–Trinajstić information content (AvgIpc) is 2.55. The summed E-state index contributed by atoms with van der Waals surface area (Å²) >= 11 is 0. The lowest BCUT2D eigenvalue weighted by Gasteiger charge is -2.06. The van der Waals surface area contributed by atoms with E-state index in [0.717, 1.165) is 24.3 Å². The van der Waals surface area contributed by atoms with E-state index in [1.165, 1.54) is 0 Å². The molecule has 0 fully saturated rings. The second-order valence-corrected chi connectivity index (χ2v) is 4.39. The normalized spacial score (nSPS) is 11.5. The van der Waals surface area contributed by atoms with Crippen LogP contribution in [0.5, 0.6) is 0 Å². The highest BCUT2D eigenvalue weighted by Crippen LogP contribution is 2.15. The first-order valence-electron chi connectivity index (χ1n) is 5.60. The fourth-order valence-corrected chi connectivity index (χ4v) is 2.05. The number of hydrogen-bond donors (Lipinski definition) is 2. The molecular formula is C11H18N5O+. The zero-order valence-electron chi connectivity index (χ0n) is 10.4. The van der Waals surface area contributed by atoms with Gasteiger partial charge in [-0.25, -0.2) is 9.97 Å². The van der Waals surface area contributed by atoms with E-state index in [1.54, 1.807) is 0 Å². The summed E-state index contributed by atoms with van der Waals surface area (Å²) in [5, 5.41) is 0.690. The van der Waals surface area contributed by atoms with Gasteiger partial charge in [0.15, 0.2) is 0 Å². The van der Waals surface area contributed by atoms with Gasteiger partial charge >= 0.3 is 11.5 Å². The Morgan fingerprint density at radius 1 is 1.53 bits per heavy atom. The van der Waals surface area contributed by atoms with Crippen LogP contribution in [0.25, 0.3) is 11.0 Å². The van der Waals surface area contributed by atoms with E-state index in [0.29, 0.717) is 5.39 Å². The maximum absolute atomic E-state index is 11.9. The number of nitrogens with zero attached hydrogens (tertiary/aromatic N) is 2. The monoisotopic (exact) mass is 236 g/mol. The Bertz CT molecular complexity index is 596. The van der Waals surface area contributed by atoms with Crippen molar-refractivity contribution in [1.29, 1.82) is 0 Å². The zero-order chi connectivity index (χ0) is 12.6. The predicted octanol–water partition coefficient (Wildman–Crippen LogP) is -0.193. The Labute approximate surface area is 99.1 Å². The van der Waals surface area contributed by atoms with Gasteiger partial charge in [0, 0.05) is 12.1 Å². The van der Waals surface area contributed by atoms with Gasteiger partial charge < -0.3 is 10.6 Å². The Morgan fingerprint density at radius 2 is 2.24 bits per heavy atom. The molecule has 2 heterocycles. The summed E-state index contributed by atoms with van der Waals surface area (Å²) in [6.45, 7) is 3.55. The van der Waals surface area contributed by atoms with Crippen LogP contribution < -0.4 is 16.3 Å². The van der Waals surface area contributed by atoms with Crippen LogP contribution in [-0.4, -0.2) is 28.5 Å². The average molecular weight is 236 g/mol. The molecule has 2 aromatic heterocycles.